The molecule has 118 valence electrons. The van der Waals surface area contributed by atoms with Crippen molar-refractivity contribution in [2.24, 2.45) is 0 Å². The van der Waals surface area contributed by atoms with E-state index in [4.69, 9.17) is 0 Å². The van der Waals surface area contributed by atoms with Gasteiger partial charge in [0.1, 0.15) is 0 Å². The lowest BCUT2D eigenvalue weighted by Gasteiger charge is -2.27. The largest absolute Gasteiger partial charge is 0.335 e. The number of benzene rings is 2. The third kappa shape index (κ3) is 2.69. The van der Waals surface area contributed by atoms with Crippen LogP contribution >= 0.6 is 0 Å². The second-order valence-corrected chi connectivity index (χ2v) is 5.98. The topological polar surface area (TPSA) is 33.2 Å². The number of nitrogens with zero attached hydrogens (tertiary/aromatic N) is 2. The maximum absolute atomic E-state index is 12.9. The van der Waals surface area contributed by atoms with Gasteiger partial charge < -0.3 is 4.90 Å². The van der Waals surface area contributed by atoms with E-state index in [2.05, 4.69) is 35.3 Å². The van der Waals surface area contributed by atoms with E-state index < -0.39 is 0 Å². The molecule has 1 aliphatic heterocycles. The molecule has 3 aromatic rings. The first kappa shape index (κ1) is 14.6. The third-order valence-electron chi connectivity index (χ3n) is 4.50. The summed E-state index contributed by atoms with van der Waals surface area (Å²) in [4.78, 5) is 19.2. The third-order valence-corrected chi connectivity index (χ3v) is 4.50. The summed E-state index contributed by atoms with van der Waals surface area (Å²) in [6.07, 6.45) is 4.78. The smallest absolute Gasteiger partial charge is 0.256 e. The van der Waals surface area contributed by atoms with Crippen molar-refractivity contribution >= 4 is 22.4 Å². The highest BCUT2D eigenvalue weighted by Crippen LogP contribution is 2.24. The average Bonchev–Trinajstić information content (AvgIpc) is 2.68. The quantitative estimate of drug-likeness (QED) is 0.711. The van der Waals surface area contributed by atoms with Gasteiger partial charge in [-0.15, -0.1) is 0 Å². The van der Waals surface area contributed by atoms with Crippen LogP contribution in [0.2, 0.25) is 0 Å². The minimum absolute atomic E-state index is 0.0580. The number of carbonyl (C=O) groups is 1. The summed E-state index contributed by atoms with van der Waals surface area (Å²) in [5.41, 5.74) is 4.03. The van der Waals surface area contributed by atoms with E-state index in [9.17, 15) is 4.79 Å². The lowest BCUT2D eigenvalue weighted by atomic mass is 9.99. The molecule has 0 saturated heterocycles. The van der Waals surface area contributed by atoms with Crippen LogP contribution in [0, 0.1) is 0 Å². The van der Waals surface area contributed by atoms with E-state index in [-0.39, 0.29) is 5.91 Å². The first-order chi connectivity index (χ1) is 11.8. The fourth-order valence-corrected chi connectivity index (χ4v) is 3.22. The summed E-state index contributed by atoms with van der Waals surface area (Å²) < 4.78 is 0. The van der Waals surface area contributed by atoms with Crippen LogP contribution in [0.3, 0.4) is 0 Å². The maximum atomic E-state index is 12.9. The molecule has 4 rings (SSSR count). The van der Waals surface area contributed by atoms with Crippen LogP contribution in [0.4, 0.5) is 0 Å². The summed E-state index contributed by atoms with van der Waals surface area (Å²) in [5.74, 6) is 0.0580. The molecule has 0 fully saturated rings. The van der Waals surface area contributed by atoms with Crippen LogP contribution in [-0.2, 0) is 0 Å². The summed E-state index contributed by atoms with van der Waals surface area (Å²) in [6.45, 7) is 1.38. The van der Waals surface area contributed by atoms with Crippen LogP contribution in [0.1, 0.15) is 22.3 Å². The number of para-hydroxylation sites is 1. The Balaban J connectivity index is 1.59. The summed E-state index contributed by atoms with van der Waals surface area (Å²) in [7, 11) is 0. The van der Waals surface area contributed by atoms with E-state index in [0.717, 1.165) is 23.9 Å². The highest BCUT2D eigenvalue weighted by atomic mass is 16.2. The monoisotopic (exact) mass is 314 g/mol. The Morgan fingerprint density at radius 1 is 0.958 bits per heavy atom. The van der Waals surface area contributed by atoms with Crippen molar-refractivity contribution in [2.45, 2.75) is 6.42 Å². The molecule has 0 spiro atoms. The van der Waals surface area contributed by atoms with Crippen LogP contribution in [0.5, 0.6) is 0 Å². The molecule has 3 heteroatoms. The predicted molar refractivity (Wildman–Crippen MR) is 96.7 cm³/mol. The van der Waals surface area contributed by atoms with E-state index in [1.54, 1.807) is 6.20 Å². The Bertz CT molecular complexity index is 910. The first-order valence-electron chi connectivity index (χ1n) is 8.20. The molecule has 0 radical (unpaired) electrons. The Morgan fingerprint density at radius 2 is 1.79 bits per heavy atom. The average molecular weight is 314 g/mol. The number of fused-ring (bicyclic) bond motifs is 1. The van der Waals surface area contributed by atoms with Gasteiger partial charge in [0.2, 0.25) is 0 Å². The molecule has 0 aliphatic carbocycles. The minimum Gasteiger partial charge on any atom is -0.335 e. The molecule has 2 heterocycles. The van der Waals surface area contributed by atoms with Crippen molar-refractivity contribution in [3.63, 3.8) is 0 Å². The minimum atomic E-state index is 0.0580. The number of aromatic nitrogens is 1. The zero-order valence-corrected chi connectivity index (χ0v) is 13.4. The molecule has 1 aliphatic rings. The Hall–Kier alpha value is -2.94. The zero-order chi connectivity index (χ0) is 16.4. The number of pyridine rings is 1. The molecule has 1 amide bonds. The van der Waals surface area contributed by atoms with Gasteiger partial charge in [-0.05, 0) is 29.7 Å². The second kappa shape index (κ2) is 6.28. The lowest BCUT2D eigenvalue weighted by Crippen LogP contribution is -2.34. The standard InChI is InChI=1S/C21H18N2O/c24-21(19-10-4-8-18-9-5-13-22-20(18)19)23-14-11-17(12-15-23)16-6-2-1-3-7-16/h1-11,13H,12,14-15H2. The van der Waals surface area contributed by atoms with Gasteiger partial charge >= 0.3 is 0 Å². The SMILES string of the molecule is O=C(c1cccc2cccnc12)N1CC=C(c2ccccc2)CC1. The van der Waals surface area contributed by atoms with Crippen molar-refractivity contribution in [3.05, 3.63) is 84.1 Å². The van der Waals surface area contributed by atoms with Gasteiger partial charge in [-0.3, -0.25) is 9.78 Å². The zero-order valence-electron chi connectivity index (χ0n) is 13.4. The number of amides is 1. The van der Waals surface area contributed by atoms with Gasteiger partial charge in [0.15, 0.2) is 0 Å². The molecule has 0 atom stereocenters. The molecular weight excluding hydrogens is 296 g/mol. The second-order valence-electron chi connectivity index (χ2n) is 5.98. The molecular formula is C21H18N2O. The molecule has 1 aromatic heterocycles. The van der Waals surface area contributed by atoms with Crippen molar-refractivity contribution in [1.82, 2.24) is 9.88 Å². The number of rotatable bonds is 2. The molecule has 0 N–H and O–H groups in total. The molecule has 24 heavy (non-hydrogen) atoms. The van der Waals surface area contributed by atoms with Crippen LogP contribution < -0.4 is 0 Å². The Kier molecular flexibility index (Phi) is 3.83. The number of carbonyl (C=O) groups excluding carboxylic acids is 1. The molecule has 0 bridgehead atoms. The highest BCUT2D eigenvalue weighted by molar-refractivity contribution is 6.05. The summed E-state index contributed by atoms with van der Waals surface area (Å²) in [6, 6.07) is 20.0. The van der Waals surface area contributed by atoms with Crippen molar-refractivity contribution < 1.29 is 4.79 Å². The molecule has 2 aromatic carbocycles. The van der Waals surface area contributed by atoms with E-state index in [0.29, 0.717) is 12.1 Å². The van der Waals surface area contributed by atoms with Gasteiger partial charge in [-0.1, -0.05) is 54.6 Å². The van der Waals surface area contributed by atoms with E-state index in [1.165, 1.54) is 11.1 Å². The fourth-order valence-electron chi connectivity index (χ4n) is 3.22. The molecule has 0 saturated carbocycles. The van der Waals surface area contributed by atoms with Gasteiger partial charge in [0.05, 0.1) is 11.1 Å². The summed E-state index contributed by atoms with van der Waals surface area (Å²) >= 11 is 0. The van der Waals surface area contributed by atoms with Gasteiger partial charge in [0, 0.05) is 24.7 Å². The van der Waals surface area contributed by atoms with Crippen molar-refractivity contribution in [1.29, 1.82) is 0 Å². The number of hydrogen-bond donors (Lipinski definition) is 0. The number of hydrogen-bond acceptors (Lipinski definition) is 2. The molecule has 0 unspecified atom stereocenters. The van der Waals surface area contributed by atoms with Crippen molar-refractivity contribution in [3.8, 4) is 0 Å². The van der Waals surface area contributed by atoms with Crippen LogP contribution in [0.25, 0.3) is 16.5 Å². The predicted octanol–water partition coefficient (Wildman–Crippen LogP) is 4.16. The van der Waals surface area contributed by atoms with Gasteiger partial charge in [0.25, 0.3) is 5.91 Å². The van der Waals surface area contributed by atoms with Crippen molar-refractivity contribution in [2.75, 3.05) is 13.1 Å². The molecule has 3 nitrogen and oxygen atoms in total. The maximum Gasteiger partial charge on any atom is 0.256 e. The normalized spacial score (nSPS) is 14.5. The van der Waals surface area contributed by atoms with Gasteiger partial charge in [-0.25, -0.2) is 0 Å². The van der Waals surface area contributed by atoms with Gasteiger partial charge in [-0.2, -0.15) is 0 Å². The summed E-state index contributed by atoms with van der Waals surface area (Å²) in [5, 5.41) is 1.00. The fraction of sp³-hybridized carbons (Fsp3) is 0.143. The lowest BCUT2D eigenvalue weighted by molar-refractivity contribution is 0.0774. The Morgan fingerprint density at radius 3 is 2.58 bits per heavy atom. The van der Waals surface area contributed by atoms with E-state index in [1.807, 2.05) is 41.3 Å². The van der Waals surface area contributed by atoms with Crippen LogP contribution in [0.15, 0.2) is 72.9 Å². The van der Waals surface area contributed by atoms with E-state index >= 15 is 0 Å². The Labute approximate surface area is 141 Å². The first-order valence-corrected chi connectivity index (χ1v) is 8.20. The van der Waals surface area contributed by atoms with Crippen LogP contribution in [-0.4, -0.2) is 28.9 Å². The highest BCUT2D eigenvalue weighted by Gasteiger charge is 2.21.